The molecule has 0 bridgehead atoms. The lowest BCUT2D eigenvalue weighted by Gasteiger charge is -2.29. The normalized spacial score (nSPS) is 16.5. The zero-order valence-electron chi connectivity index (χ0n) is 20.7. The van der Waals surface area contributed by atoms with Gasteiger partial charge in [0.25, 0.3) is 0 Å². The van der Waals surface area contributed by atoms with Crippen molar-refractivity contribution in [3.63, 3.8) is 0 Å². The first-order chi connectivity index (χ1) is 15.3. The molecule has 0 aliphatic rings. The van der Waals surface area contributed by atoms with E-state index in [9.17, 15) is 24.0 Å². The maximum atomic E-state index is 13.1. The number of hydrogen-bond acceptors (Lipinski definition) is 6. The molecule has 0 unspecified atom stereocenters. The summed E-state index contributed by atoms with van der Waals surface area (Å²) in [5.74, 6) is -4.02. The molecule has 0 aromatic rings. The molecule has 190 valence electrons. The monoisotopic (exact) mass is 471 g/mol. The molecule has 0 saturated heterocycles. The molecule has 0 saturated carbocycles. The minimum Gasteiger partial charge on any atom is -0.480 e. The largest absolute Gasteiger partial charge is 0.480 e. The third-order valence-corrected chi connectivity index (χ3v) is 5.77. The van der Waals surface area contributed by atoms with E-state index in [1.54, 1.807) is 13.8 Å². The fourth-order valence-corrected chi connectivity index (χ4v) is 2.93. The Bertz CT molecular complexity index is 699. The van der Waals surface area contributed by atoms with Crippen molar-refractivity contribution in [2.45, 2.75) is 85.5 Å². The van der Waals surface area contributed by atoms with Crippen LogP contribution in [0.3, 0.4) is 0 Å². The number of amides is 4. The summed E-state index contributed by atoms with van der Waals surface area (Å²) in [6.45, 7) is 11.8. The molecule has 11 heteroatoms. The van der Waals surface area contributed by atoms with Crippen LogP contribution in [-0.2, 0) is 24.0 Å². The summed E-state index contributed by atoms with van der Waals surface area (Å²) >= 11 is 0. The molecular formula is C22H41N5O6. The van der Waals surface area contributed by atoms with Gasteiger partial charge in [-0.2, -0.15) is 0 Å². The second-order valence-corrected chi connectivity index (χ2v) is 8.86. The van der Waals surface area contributed by atoms with E-state index >= 15 is 0 Å². The molecule has 6 atom stereocenters. The molecule has 0 aliphatic carbocycles. The lowest BCUT2D eigenvalue weighted by Crippen LogP contribution is -2.60. The Morgan fingerprint density at radius 2 is 1.21 bits per heavy atom. The molecule has 0 radical (unpaired) electrons. The third-order valence-electron chi connectivity index (χ3n) is 5.77. The Labute approximate surface area is 196 Å². The number of nitrogens with one attached hydrogen (secondary N) is 4. The van der Waals surface area contributed by atoms with Crippen molar-refractivity contribution < 1.29 is 29.1 Å². The maximum Gasteiger partial charge on any atom is 0.322 e. The number of hydrogen-bond donors (Lipinski definition) is 6. The summed E-state index contributed by atoms with van der Waals surface area (Å²) in [5, 5.41) is 18.7. The first kappa shape index (κ1) is 30.3. The summed E-state index contributed by atoms with van der Waals surface area (Å²) in [7, 11) is 0. The topological polar surface area (TPSA) is 180 Å². The fourth-order valence-electron chi connectivity index (χ4n) is 2.93. The van der Waals surface area contributed by atoms with E-state index < -0.39 is 60.3 Å². The highest BCUT2D eigenvalue weighted by molar-refractivity contribution is 5.95. The van der Waals surface area contributed by atoms with Gasteiger partial charge in [-0.1, -0.05) is 54.4 Å². The molecule has 0 fully saturated rings. The second kappa shape index (κ2) is 14.5. The van der Waals surface area contributed by atoms with Crippen LogP contribution in [-0.4, -0.2) is 65.4 Å². The molecule has 0 heterocycles. The first-order valence-electron chi connectivity index (χ1n) is 11.4. The van der Waals surface area contributed by atoms with Crippen LogP contribution >= 0.6 is 0 Å². The van der Waals surface area contributed by atoms with Gasteiger partial charge in [0.2, 0.25) is 23.6 Å². The predicted octanol–water partition coefficient (Wildman–Crippen LogP) is -0.263. The minimum atomic E-state index is -1.21. The molecule has 0 spiro atoms. The van der Waals surface area contributed by atoms with E-state index in [0.29, 0.717) is 12.8 Å². The van der Waals surface area contributed by atoms with Crippen molar-refractivity contribution in [2.24, 2.45) is 23.5 Å². The highest BCUT2D eigenvalue weighted by Crippen LogP contribution is 2.12. The number of carbonyl (C=O) groups excluding carboxylic acids is 4. The lowest BCUT2D eigenvalue weighted by molar-refractivity contribution is -0.138. The van der Waals surface area contributed by atoms with Crippen molar-refractivity contribution in [3.8, 4) is 0 Å². The van der Waals surface area contributed by atoms with E-state index in [1.165, 1.54) is 6.92 Å². The van der Waals surface area contributed by atoms with Crippen molar-refractivity contribution >= 4 is 29.6 Å². The van der Waals surface area contributed by atoms with Crippen LogP contribution in [0.5, 0.6) is 0 Å². The van der Waals surface area contributed by atoms with Crippen LogP contribution < -0.4 is 27.0 Å². The molecule has 0 aromatic carbocycles. The summed E-state index contributed by atoms with van der Waals surface area (Å²) in [6.07, 6.45) is 1.32. The van der Waals surface area contributed by atoms with E-state index in [1.807, 2.05) is 27.7 Å². The molecule has 0 aromatic heterocycles. The van der Waals surface area contributed by atoms with Crippen LogP contribution in [0.25, 0.3) is 0 Å². The number of carboxylic acid groups (broad SMARTS) is 1. The molecule has 11 nitrogen and oxygen atoms in total. The number of nitrogens with two attached hydrogens (primary N) is 1. The van der Waals surface area contributed by atoms with Crippen LogP contribution in [0.2, 0.25) is 0 Å². The number of carboxylic acids is 1. The Morgan fingerprint density at radius 1 is 0.727 bits per heavy atom. The van der Waals surface area contributed by atoms with Gasteiger partial charge in [0.15, 0.2) is 0 Å². The Morgan fingerprint density at radius 3 is 1.67 bits per heavy atom. The highest BCUT2D eigenvalue weighted by atomic mass is 16.4. The summed E-state index contributed by atoms with van der Waals surface area (Å²) in [5.41, 5.74) is 6.00. The van der Waals surface area contributed by atoms with E-state index in [4.69, 9.17) is 10.8 Å². The van der Waals surface area contributed by atoms with Gasteiger partial charge in [-0.25, -0.2) is 0 Å². The quantitative estimate of drug-likeness (QED) is 0.202. The Balaban J connectivity index is 5.36. The SMILES string of the molecule is CC[C@H](C)[C@H](N)C(=O)N[C@H](C(=O)N[C@H](C(=O)N[C@@H](C)C(=O)NCC(=O)O)C(C)C)[C@@H](C)CC. The van der Waals surface area contributed by atoms with E-state index in [2.05, 4.69) is 21.3 Å². The zero-order chi connectivity index (χ0) is 25.9. The smallest absolute Gasteiger partial charge is 0.322 e. The van der Waals surface area contributed by atoms with Crippen LogP contribution in [0, 0.1) is 17.8 Å². The van der Waals surface area contributed by atoms with Crippen molar-refractivity contribution in [1.29, 1.82) is 0 Å². The fraction of sp³-hybridized carbons (Fsp3) is 0.773. The number of aliphatic carboxylic acids is 1. The predicted molar refractivity (Wildman–Crippen MR) is 124 cm³/mol. The summed E-state index contributed by atoms with van der Waals surface area (Å²) in [6, 6.07) is -3.63. The van der Waals surface area contributed by atoms with E-state index in [-0.39, 0.29) is 17.8 Å². The molecule has 33 heavy (non-hydrogen) atoms. The van der Waals surface area contributed by atoms with Gasteiger partial charge in [-0.05, 0) is 24.7 Å². The standard InChI is InChI=1S/C22H41N5O6/c1-8-12(5)16(23)20(31)27-18(13(6)9-2)22(33)26-17(11(3)4)21(32)25-14(7)19(30)24-10-15(28)29/h11-14,16-18H,8-10,23H2,1-7H3,(H,24,30)(H,25,32)(H,26,33)(H,27,31)(H,28,29)/t12-,13-,14-,16-,17-,18-/m0/s1. The second-order valence-electron chi connectivity index (χ2n) is 8.86. The lowest BCUT2D eigenvalue weighted by atomic mass is 9.94. The zero-order valence-corrected chi connectivity index (χ0v) is 20.7. The van der Waals surface area contributed by atoms with Crippen molar-refractivity contribution in [1.82, 2.24) is 21.3 Å². The number of rotatable bonds is 14. The Hall–Kier alpha value is -2.69. The van der Waals surface area contributed by atoms with E-state index in [0.717, 1.165) is 0 Å². The van der Waals surface area contributed by atoms with Crippen molar-refractivity contribution in [2.75, 3.05) is 6.54 Å². The summed E-state index contributed by atoms with van der Waals surface area (Å²) in [4.78, 5) is 61.0. The van der Waals surface area contributed by atoms with Gasteiger partial charge in [-0.3, -0.25) is 24.0 Å². The van der Waals surface area contributed by atoms with Gasteiger partial charge in [-0.15, -0.1) is 0 Å². The van der Waals surface area contributed by atoms with Crippen molar-refractivity contribution in [3.05, 3.63) is 0 Å². The van der Waals surface area contributed by atoms with Crippen LogP contribution in [0.1, 0.15) is 61.3 Å². The minimum absolute atomic E-state index is 0.0615. The third kappa shape index (κ3) is 10.2. The van der Waals surface area contributed by atoms with Gasteiger partial charge in [0.05, 0.1) is 6.04 Å². The van der Waals surface area contributed by atoms with Gasteiger partial charge in [0.1, 0.15) is 24.7 Å². The molecule has 0 rings (SSSR count). The van der Waals surface area contributed by atoms with Crippen LogP contribution in [0.15, 0.2) is 0 Å². The first-order valence-corrected chi connectivity index (χ1v) is 11.4. The highest BCUT2D eigenvalue weighted by Gasteiger charge is 2.33. The van der Waals surface area contributed by atoms with Crippen LogP contribution in [0.4, 0.5) is 0 Å². The average molecular weight is 472 g/mol. The molecule has 0 aliphatic heterocycles. The molecule has 4 amide bonds. The Kier molecular flexibility index (Phi) is 13.3. The van der Waals surface area contributed by atoms with Gasteiger partial charge < -0.3 is 32.1 Å². The van der Waals surface area contributed by atoms with Gasteiger partial charge >= 0.3 is 5.97 Å². The summed E-state index contributed by atoms with van der Waals surface area (Å²) < 4.78 is 0. The van der Waals surface area contributed by atoms with Gasteiger partial charge in [0, 0.05) is 0 Å². The molecular weight excluding hydrogens is 430 g/mol. The molecule has 7 N–H and O–H groups in total. The average Bonchev–Trinajstić information content (AvgIpc) is 2.76. The number of carbonyl (C=O) groups is 5. The maximum absolute atomic E-state index is 13.1.